The molecule has 1 aliphatic rings. The molecule has 2 rings (SSSR count). The van der Waals surface area contributed by atoms with Crippen LogP contribution in [-0.4, -0.2) is 12.5 Å². The van der Waals surface area contributed by atoms with E-state index in [2.05, 4.69) is 21.2 Å². The lowest BCUT2D eigenvalue weighted by Gasteiger charge is -2.14. The van der Waals surface area contributed by atoms with Gasteiger partial charge in [-0.1, -0.05) is 0 Å². The second kappa shape index (κ2) is 4.38. The Morgan fingerprint density at radius 2 is 2.24 bits per heavy atom. The maximum Gasteiger partial charge on any atom is 0.231 e. The molecule has 1 aromatic carbocycles. The highest BCUT2D eigenvalue weighted by Gasteiger charge is 2.48. The van der Waals surface area contributed by atoms with Crippen molar-refractivity contribution in [2.24, 2.45) is 11.1 Å². The summed E-state index contributed by atoms with van der Waals surface area (Å²) in [5, 5.41) is 2.82. The molecule has 0 spiro atoms. The number of nitrogens with one attached hydrogen (secondary N) is 1. The lowest BCUT2D eigenvalue weighted by Crippen LogP contribution is -2.31. The first-order valence-electron chi connectivity index (χ1n) is 5.46. The second-order valence-corrected chi connectivity index (χ2v) is 5.37. The summed E-state index contributed by atoms with van der Waals surface area (Å²) >= 11 is 3.10. The number of anilines is 1. The van der Waals surface area contributed by atoms with Crippen molar-refractivity contribution >= 4 is 27.5 Å². The molecule has 1 saturated carbocycles. The molecule has 0 aliphatic heterocycles. The second-order valence-electron chi connectivity index (χ2n) is 4.52. The van der Waals surface area contributed by atoms with E-state index in [4.69, 9.17) is 5.73 Å². The van der Waals surface area contributed by atoms with E-state index in [-0.39, 0.29) is 11.7 Å². The summed E-state index contributed by atoms with van der Waals surface area (Å²) in [4.78, 5) is 12.0. The average Bonchev–Trinajstić information content (AvgIpc) is 3.06. The molecule has 0 saturated heterocycles. The molecule has 1 fully saturated rings. The van der Waals surface area contributed by atoms with Gasteiger partial charge in [-0.15, -0.1) is 0 Å². The molecule has 0 atom stereocenters. The normalized spacial score (nSPS) is 16.7. The molecular formula is C12H14BrFN2O. The van der Waals surface area contributed by atoms with E-state index >= 15 is 0 Å². The Morgan fingerprint density at radius 1 is 1.59 bits per heavy atom. The highest BCUT2D eigenvalue weighted by atomic mass is 79.9. The molecule has 1 aromatic rings. The molecule has 1 aliphatic carbocycles. The smallest absolute Gasteiger partial charge is 0.231 e. The Balaban J connectivity index is 2.19. The number of carbonyl (C=O) groups excluding carboxylic acids is 1. The standard InChI is InChI=1S/C12H14BrFN2O/c1-7-4-9(14)8(13)5-10(7)16-11(17)12(6-15)2-3-12/h4-5H,2-3,6,15H2,1H3,(H,16,17). The third-order valence-electron chi connectivity index (χ3n) is 3.24. The van der Waals surface area contributed by atoms with E-state index in [1.165, 1.54) is 6.07 Å². The molecule has 3 N–H and O–H groups in total. The predicted molar refractivity (Wildman–Crippen MR) is 68.2 cm³/mol. The van der Waals surface area contributed by atoms with Crippen molar-refractivity contribution in [1.82, 2.24) is 0 Å². The summed E-state index contributed by atoms with van der Waals surface area (Å²) in [5.74, 6) is -0.401. The van der Waals surface area contributed by atoms with E-state index in [9.17, 15) is 9.18 Å². The van der Waals surface area contributed by atoms with Crippen LogP contribution in [0.3, 0.4) is 0 Å². The fourth-order valence-corrected chi connectivity index (χ4v) is 2.05. The third-order valence-corrected chi connectivity index (χ3v) is 3.85. The molecular weight excluding hydrogens is 287 g/mol. The number of benzene rings is 1. The van der Waals surface area contributed by atoms with Crippen LogP contribution in [0.4, 0.5) is 10.1 Å². The minimum absolute atomic E-state index is 0.0680. The van der Waals surface area contributed by atoms with Gasteiger partial charge in [0.05, 0.1) is 9.89 Å². The van der Waals surface area contributed by atoms with Crippen molar-refractivity contribution in [3.63, 3.8) is 0 Å². The topological polar surface area (TPSA) is 55.1 Å². The number of halogens is 2. The summed E-state index contributed by atoms with van der Waals surface area (Å²) in [7, 11) is 0. The van der Waals surface area contributed by atoms with Crippen LogP contribution in [0.5, 0.6) is 0 Å². The Morgan fingerprint density at radius 3 is 2.76 bits per heavy atom. The van der Waals surface area contributed by atoms with Gasteiger partial charge in [0.2, 0.25) is 5.91 Å². The van der Waals surface area contributed by atoms with Crippen LogP contribution in [0.25, 0.3) is 0 Å². The first-order chi connectivity index (χ1) is 7.98. The van der Waals surface area contributed by atoms with E-state index in [0.29, 0.717) is 22.3 Å². The van der Waals surface area contributed by atoms with Crippen LogP contribution in [0.1, 0.15) is 18.4 Å². The van der Waals surface area contributed by atoms with Gasteiger partial charge < -0.3 is 11.1 Å². The van der Waals surface area contributed by atoms with Gasteiger partial charge >= 0.3 is 0 Å². The Labute approximate surface area is 108 Å². The van der Waals surface area contributed by atoms with Crippen molar-refractivity contribution in [3.05, 3.63) is 28.0 Å². The van der Waals surface area contributed by atoms with Crippen molar-refractivity contribution < 1.29 is 9.18 Å². The third kappa shape index (κ3) is 2.35. The van der Waals surface area contributed by atoms with Gasteiger partial charge in [-0.2, -0.15) is 0 Å². The van der Waals surface area contributed by atoms with Crippen LogP contribution >= 0.6 is 15.9 Å². The lowest BCUT2D eigenvalue weighted by molar-refractivity contribution is -0.120. The van der Waals surface area contributed by atoms with Gasteiger partial charge in [0.1, 0.15) is 5.82 Å². The molecule has 17 heavy (non-hydrogen) atoms. The predicted octanol–water partition coefficient (Wildman–Crippen LogP) is 2.57. The molecule has 3 nitrogen and oxygen atoms in total. The Hall–Kier alpha value is -0.940. The van der Waals surface area contributed by atoms with Crippen LogP contribution in [-0.2, 0) is 4.79 Å². The van der Waals surface area contributed by atoms with E-state index < -0.39 is 5.41 Å². The number of amides is 1. The average molecular weight is 301 g/mol. The fourth-order valence-electron chi connectivity index (χ4n) is 1.71. The fraction of sp³-hybridized carbons (Fsp3) is 0.417. The SMILES string of the molecule is Cc1cc(F)c(Br)cc1NC(=O)C1(CN)CC1. The highest BCUT2D eigenvalue weighted by Crippen LogP contribution is 2.45. The van der Waals surface area contributed by atoms with Crippen molar-refractivity contribution in [3.8, 4) is 0 Å². The van der Waals surface area contributed by atoms with E-state index in [1.54, 1.807) is 13.0 Å². The number of hydrogen-bond acceptors (Lipinski definition) is 2. The van der Waals surface area contributed by atoms with Gasteiger partial charge in [0, 0.05) is 12.2 Å². The summed E-state index contributed by atoms with van der Waals surface area (Å²) in [6, 6.07) is 2.97. The zero-order chi connectivity index (χ0) is 12.6. The first-order valence-corrected chi connectivity index (χ1v) is 6.25. The van der Waals surface area contributed by atoms with Gasteiger partial charge in [0.15, 0.2) is 0 Å². The zero-order valence-electron chi connectivity index (χ0n) is 9.52. The summed E-state index contributed by atoms with van der Waals surface area (Å²) in [6.45, 7) is 2.12. The van der Waals surface area contributed by atoms with Crippen LogP contribution in [0, 0.1) is 18.2 Å². The molecule has 0 unspecified atom stereocenters. The van der Waals surface area contributed by atoms with E-state index in [1.807, 2.05) is 0 Å². The molecule has 1 amide bonds. The number of nitrogens with two attached hydrogens (primary N) is 1. The number of rotatable bonds is 3. The van der Waals surface area contributed by atoms with Gasteiger partial charge in [-0.25, -0.2) is 4.39 Å². The van der Waals surface area contributed by atoms with Crippen molar-refractivity contribution in [1.29, 1.82) is 0 Å². The summed E-state index contributed by atoms with van der Waals surface area (Å²) < 4.78 is 13.6. The molecule has 0 radical (unpaired) electrons. The Kier molecular flexibility index (Phi) is 3.23. The minimum Gasteiger partial charge on any atom is -0.329 e. The maximum atomic E-state index is 13.2. The minimum atomic E-state index is -0.396. The number of carbonyl (C=O) groups is 1. The van der Waals surface area contributed by atoms with Gasteiger partial charge in [0.25, 0.3) is 0 Å². The number of hydrogen-bond donors (Lipinski definition) is 2. The molecule has 0 bridgehead atoms. The Bertz CT molecular complexity index is 472. The first kappa shape index (κ1) is 12.5. The molecule has 0 heterocycles. The highest BCUT2D eigenvalue weighted by molar-refractivity contribution is 9.10. The quantitative estimate of drug-likeness (QED) is 0.901. The molecule has 92 valence electrons. The van der Waals surface area contributed by atoms with Crippen molar-refractivity contribution in [2.45, 2.75) is 19.8 Å². The zero-order valence-corrected chi connectivity index (χ0v) is 11.1. The van der Waals surface area contributed by atoms with Gasteiger partial charge in [-0.05, 0) is 53.4 Å². The van der Waals surface area contributed by atoms with Crippen molar-refractivity contribution in [2.75, 3.05) is 11.9 Å². The molecule has 0 aromatic heterocycles. The van der Waals surface area contributed by atoms with E-state index in [0.717, 1.165) is 12.8 Å². The van der Waals surface area contributed by atoms with Crippen LogP contribution in [0.15, 0.2) is 16.6 Å². The summed E-state index contributed by atoms with van der Waals surface area (Å²) in [5.41, 5.74) is 6.52. The lowest BCUT2D eigenvalue weighted by atomic mass is 10.1. The van der Waals surface area contributed by atoms with Crippen LogP contribution < -0.4 is 11.1 Å². The molecule has 5 heteroatoms. The number of aryl methyl sites for hydroxylation is 1. The maximum absolute atomic E-state index is 13.2. The van der Waals surface area contributed by atoms with Gasteiger partial charge in [-0.3, -0.25) is 4.79 Å². The monoisotopic (exact) mass is 300 g/mol. The largest absolute Gasteiger partial charge is 0.329 e. The van der Waals surface area contributed by atoms with Crippen LogP contribution in [0.2, 0.25) is 0 Å². The summed E-state index contributed by atoms with van der Waals surface area (Å²) in [6.07, 6.45) is 1.66.